The van der Waals surface area contributed by atoms with Gasteiger partial charge in [-0.3, -0.25) is 9.59 Å². The van der Waals surface area contributed by atoms with Crippen molar-refractivity contribution >= 4 is 27.3 Å². The molecule has 1 heterocycles. The molecule has 0 radical (unpaired) electrons. The molecule has 0 fully saturated rings. The summed E-state index contributed by atoms with van der Waals surface area (Å²) in [5.74, 6) is -1.59. The Morgan fingerprint density at radius 3 is 2.38 bits per heavy atom. The zero-order valence-electron chi connectivity index (χ0n) is 13.0. The molecule has 1 aliphatic rings. The van der Waals surface area contributed by atoms with Gasteiger partial charge in [-0.15, -0.1) is 0 Å². The summed E-state index contributed by atoms with van der Waals surface area (Å²) in [4.78, 5) is 26.0. The second-order valence-electron chi connectivity index (χ2n) is 5.70. The first-order chi connectivity index (χ1) is 11.3. The van der Waals surface area contributed by atoms with Crippen LogP contribution in [0.2, 0.25) is 0 Å². The van der Waals surface area contributed by atoms with Gasteiger partial charge in [0.05, 0.1) is 16.4 Å². The molecule has 7 heteroatoms. The van der Waals surface area contributed by atoms with Crippen molar-refractivity contribution in [2.45, 2.75) is 10.8 Å². The first-order valence-corrected chi connectivity index (χ1v) is 9.19. The number of fused-ring (bicyclic) bond motifs is 1. The number of benzene rings is 2. The number of carbonyl (C=O) groups is 2. The van der Waals surface area contributed by atoms with Gasteiger partial charge in [0.25, 0.3) is 5.91 Å². The van der Waals surface area contributed by atoms with Crippen LogP contribution in [0.4, 0.5) is 5.69 Å². The molecule has 2 aromatic rings. The van der Waals surface area contributed by atoms with Gasteiger partial charge in [-0.05, 0) is 23.8 Å². The Morgan fingerprint density at radius 2 is 1.71 bits per heavy atom. The number of hydrogen-bond donors (Lipinski definition) is 1. The van der Waals surface area contributed by atoms with E-state index in [-0.39, 0.29) is 17.0 Å². The highest BCUT2D eigenvalue weighted by atomic mass is 32.2. The van der Waals surface area contributed by atoms with Crippen molar-refractivity contribution < 1.29 is 18.0 Å². The fraction of sp³-hybridized carbons (Fsp3) is 0.176. The van der Waals surface area contributed by atoms with Gasteiger partial charge in [-0.1, -0.05) is 30.3 Å². The minimum atomic E-state index is -3.55. The van der Waals surface area contributed by atoms with Crippen LogP contribution in [0, 0.1) is 0 Å². The first-order valence-electron chi connectivity index (χ1n) is 7.30. The van der Waals surface area contributed by atoms with Crippen molar-refractivity contribution in [2.75, 3.05) is 17.7 Å². The number of carbonyl (C=O) groups excluding carboxylic acids is 2. The first kappa shape index (κ1) is 16.2. The van der Waals surface area contributed by atoms with Crippen LogP contribution in [0.15, 0.2) is 53.4 Å². The number of amides is 2. The second-order valence-corrected chi connectivity index (χ2v) is 7.68. The number of hydrogen-bond acceptors (Lipinski definition) is 4. The van der Waals surface area contributed by atoms with E-state index in [2.05, 4.69) is 0 Å². The lowest BCUT2D eigenvalue weighted by Crippen LogP contribution is -2.33. The normalized spacial score (nSPS) is 16.7. The molecule has 1 atom stereocenters. The third-order valence-corrected chi connectivity index (χ3v) is 5.23. The number of anilines is 1. The molecule has 6 nitrogen and oxygen atoms in total. The maximum atomic E-state index is 13.0. The average Bonchev–Trinajstić information content (AvgIpc) is 2.93. The fourth-order valence-electron chi connectivity index (χ4n) is 2.95. The quantitative estimate of drug-likeness (QED) is 0.908. The Bertz CT molecular complexity index is 937. The molecule has 0 aromatic heterocycles. The molecule has 3 rings (SSSR count). The van der Waals surface area contributed by atoms with Crippen LogP contribution in [0.5, 0.6) is 0 Å². The number of sulfone groups is 1. The van der Waals surface area contributed by atoms with Crippen LogP contribution in [0.25, 0.3) is 0 Å². The van der Waals surface area contributed by atoms with Crippen LogP contribution in [-0.2, 0) is 14.6 Å². The number of nitrogens with two attached hydrogens (primary N) is 1. The minimum absolute atomic E-state index is 0.0324. The van der Waals surface area contributed by atoms with Gasteiger partial charge in [0.1, 0.15) is 0 Å². The Labute approximate surface area is 139 Å². The topological polar surface area (TPSA) is 97.5 Å². The van der Waals surface area contributed by atoms with Crippen LogP contribution < -0.4 is 10.6 Å². The standard InChI is InChI=1S/C17H16N2O4S/c1-24(22,23)15-9-5-3-7-12(15)17(21)19-10-13(16(18)20)11-6-2-4-8-14(11)19/h2-9,13H,10H2,1H3,(H2,18,20). The van der Waals surface area contributed by atoms with Gasteiger partial charge in [0, 0.05) is 18.5 Å². The maximum Gasteiger partial charge on any atom is 0.259 e. The molecule has 1 unspecified atom stereocenters. The summed E-state index contributed by atoms with van der Waals surface area (Å²) in [6.45, 7) is 0.103. The highest BCUT2D eigenvalue weighted by Gasteiger charge is 2.36. The van der Waals surface area contributed by atoms with Crippen molar-refractivity contribution in [1.29, 1.82) is 0 Å². The van der Waals surface area contributed by atoms with Gasteiger partial charge >= 0.3 is 0 Å². The van der Waals surface area contributed by atoms with Crippen molar-refractivity contribution in [2.24, 2.45) is 5.73 Å². The van der Waals surface area contributed by atoms with Gasteiger partial charge in [0.2, 0.25) is 5.91 Å². The van der Waals surface area contributed by atoms with Crippen molar-refractivity contribution in [3.8, 4) is 0 Å². The van der Waals surface area contributed by atoms with E-state index in [0.29, 0.717) is 11.3 Å². The van der Waals surface area contributed by atoms with Crippen LogP contribution in [0.1, 0.15) is 21.8 Å². The summed E-state index contributed by atoms with van der Waals surface area (Å²) >= 11 is 0. The van der Waals surface area contributed by atoms with E-state index in [0.717, 1.165) is 6.26 Å². The van der Waals surface area contributed by atoms with Crippen molar-refractivity contribution in [1.82, 2.24) is 0 Å². The molecule has 124 valence electrons. The van der Waals surface area contributed by atoms with E-state index < -0.39 is 27.6 Å². The molecule has 0 saturated heterocycles. The molecule has 0 aliphatic carbocycles. The second kappa shape index (κ2) is 5.76. The summed E-state index contributed by atoms with van der Waals surface area (Å²) < 4.78 is 23.9. The summed E-state index contributed by atoms with van der Waals surface area (Å²) in [5.41, 5.74) is 6.78. The zero-order valence-corrected chi connectivity index (χ0v) is 13.8. The Balaban J connectivity index is 2.09. The third kappa shape index (κ3) is 2.67. The number of primary amides is 1. The molecular weight excluding hydrogens is 328 g/mol. The van der Waals surface area contributed by atoms with Crippen LogP contribution >= 0.6 is 0 Å². The molecular formula is C17H16N2O4S. The number of rotatable bonds is 3. The summed E-state index contributed by atoms with van der Waals surface area (Å²) in [6, 6.07) is 13.0. The van der Waals surface area contributed by atoms with Crippen LogP contribution in [0.3, 0.4) is 0 Å². The lowest BCUT2D eigenvalue weighted by Gasteiger charge is -2.19. The van der Waals surface area contributed by atoms with E-state index in [9.17, 15) is 18.0 Å². The van der Waals surface area contributed by atoms with Crippen molar-refractivity contribution in [3.63, 3.8) is 0 Å². The van der Waals surface area contributed by atoms with Gasteiger partial charge in [-0.2, -0.15) is 0 Å². The van der Waals surface area contributed by atoms with Crippen LogP contribution in [-0.4, -0.2) is 33.0 Å². The molecule has 2 aromatic carbocycles. The molecule has 2 N–H and O–H groups in total. The predicted molar refractivity (Wildman–Crippen MR) is 89.6 cm³/mol. The lowest BCUT2D eigenvalue weighted by molar-refractivity contribution is -0.119. The van der Waals surface area contributed by atoms with Gasteiger partial charge < -0.3 is 10.6 Å². The van der Waals surface area contributed by atoms with Gasteiger partial charge in [-0.25, -0.2) is 8.42 Å². The Hall–Kier alpha value is -2.67. The third-order valence-electron chi connectivity index (χ3n) is 4.07. The molecule has 2 amide bonds. The van der Waals surface area contributed by atoms with E-state index in [4.69, 9.17) is 5.73 Å². The maximum absolute atomic E-state index is 13.0. The smallest absolute Gasteiger partial charge is 0.259 e. The number of para-hydroxylation sites is 1. The molecule has 0 saturated carbocycles. The largest absolute Gasteiger partial charge is 0.369 e. The zero-order chi connectivity index (χ0) is 17.5. The molecule has 1 aliphatic heterocycles. The summed E-state index contributed by atoms with van der Waals surface area (Å²) in [5, 5.41) is 0. The highest BCUT2D eigenvalue weighted by Crippen LogP contribution is 2.37. The molecule has 24 heavy (non-hydrogen) atoms. The highest BCUT2D eigenvalue weighted by molar-refractivity contribution is 7.90. The molecule has 0 spiro atoms. The molecule has 0 bridgehead atoms. The summed E-state index contributed by atoms with van der Waals surface area (Å²) in [6.07, 6.45) is 1.06. The van der Waals surface area contributed by atoms with E-state index in [1.54, 1.807) is 36.4 Å². The van der Waals surface area contributed by atoms with E-state index in [1.165, 1.54) is 17.0 Å². The Kier molecular flexibility index (Phi) is 3.88. The summed E-state index contributed by atoms with van der Waals surface area (Å²) in [7, 11) is -3.55. The lowest BCUT2D eigenvalue weighted by atomic mass is 10.0. The monoisotopic (exact) mass is 344 g/mol. The number of nitrogens with zero attached hydrogens (tertiary/aromatic N) is 1. The minimum Gasteiger partial charge on any atom is -0.369 e. The fourth-order valence-corrected chi connectivity index (χ4v) is 3.84. The van der Waals surface area contributed by atoms with E-state index in [1.807, 2.05) is 0 Å². The predicted octanol–water partition coefficient (Wildman–Crippen LogP) is 1.32. The van der Waals surface area contributed by atoms with Crippen molar-refractivity contribution in [3.05, 3.63) is 59.7 Å². The van der Waals surface area contributed by atoms with Gasteiger partial charge in [0.15, 0.2) is 9.84 Å². The Morgan fingerprint density at radius 1 is 1.08 bits per heavy atom. The SMILES string of the molecule is CS(=O)(=O)c1ccccc1C(=O)N1CC(C(N)=O)c2ccccc21. The van der Waals surface area contributed by atoms with E-state index >= 15 is 0 Å². The average molecular weight is 344 g/mol.